The summed E-state index contributed by atoms with van der Waals surface area (Å²) < 4.78 is 1.61. The molecule has 7 heteroatoms. The van der Waals surface area contributed by atoms with Crippen LogP contribution in [0.25, 0.3) is 22.6 Å². The lowest BCUT2D eigenvalue weighted by Crippen LogP contribution is -2.21. The normalized spacial score (nSPS) is 11.2. The van der Waals surface area contributed by atoms with Gasteiger partial charge >= 0.3 is 5.69 Å². The third kappa shape index (κ3) is 3.31. The molecule has 130 valence electrons. The van der Waals surface area contributed by atoms with Gasteiger partial charge in [-0.15, -0.1) is 0 Å². The molecule has 1 amide bonds. The molecule has 0 aliphatic heterocycles. The van der Waals surface area contributed by atoms with Crippen LogP contribution in [0.3, 0.4) is 0 Å². The average molecular weight is 339 g/mol. The molecule has 0 unspecified atom stereocenters. The first kappa shape index (κ1) is 16.9. The van der Waals surface area contributed by atoms with Gasteiger partial charge in [-0.3, -0.25) is 14.3 Å². The van der Waals surface area contributed by atoms with E-state index in [1.165, 1.54) is 4.90 Å². The van der Waals surface area contributed by atoms with Crippen LogP contribution in [0, 0.1) is 5.92 Å². The summed E-state index contributed by atoms with van der Waals surface area (Å²) in [6, 6.07) is 7.18. The Labute approximate surface area is 145 Å². The Hall–Kier alpha value is -2.96. The van der Waals surface area contributed by atoms with Crippen molar-refractivity contribution in [1.82, 2.24) is 24.4 Å². The van der Waals surface area contributed by atoms with Gasteiger partial charge in [0.25, 0.3) is 5.91 Å². The minimum atomic E-state index is -0.201. The van der Waals surface area contributed by atoms with Crippen molar-refractivity contribution in [2.24, 2.45) is 5.92 Å². The van der Waals surface area contributed by atoms with E-state index in [9.17, 15) is 9.59 Å². The molecule has 1 aromatic carbocycles. The van der Waals surface area contributed by atoms with E-state index in [2.05, 4.69) is 15.0 Å². The molecule has 0 spiro atoms. The summed E-state index contributed by atoms with van der Waals surface area (Å²) in [6.45, 7) is 4.68. The highest BCUT2D eigenvalue weighted by molar-refractivity contribution is 5.94. The number of hydrogen-bond donors (Lipinski definition) is 1. The summed E-state index contributed by atoms with van der Waals surface area (Å²) in [4.78, 5) is 37.3. The number of imidazole rings is 1. The fourth-order valence-electron chi connectivity index (χ4n) is 2.64. The van der Waals surface area contributed by atoms with Crippen molar-refractivity contribution >= 4 is 17.2 Å². The van der Waals surface area contributed by atoms with Crippen LogP contribution in [-0.2, 0) is 6.54 Å². The summed E-state index contributed by atoms with van der Waals surface area (Å²) in [7, 11) is 3.43. The number of aromatic nitrogens is 4. The summed E-state index contributed by atoms with van der Waals surface area (Å²) in [5, 5.41) is 0. The first-order valence-corrected chi connectivity index (χ1v) is 8.14. The van der Waals surface area contributed by atoms with Crippen molar-refractivity contribution < 1.29 is 4.79 Å². The number of aromatic amines is 1. The van der Waals surface area contributed by atoms with Crippen LogP contribution in [0.15, 0.2) is 35.3 Å². The molecule has 0 saturated carbocycles. The van der Waals surface area contributed by atoms with E-state index < -0.39 is 0 Å². The highest BCUT2D eigenvalue weighted by Crippen LogP contribution is 2.19. The van der Waals surface area contributed by atoms with Crippen LogP contribution in [0.5, 0.6) is 0 Å². The van der Waals surface area contributed by atoms with Crippen LogP contribution < -0.4 is 5.69 Å². The summed E-state index contributed by atoms with van der Waals surface area (Å²) in [5.41, 5.74) is 2.92. The SMILES string of the molecule is CC(C)Cn1c(=O)[nH]c2nc(-c3ccc(C(=O)N(C)C)cc3)cnc21. The van der Waals surface area contributed by atoms with Crippen LogP contribution in [0.2, 0.25) is 0 Å². The molecule has 1 N–H and O–H groups in total. The molecule has 0 aliphatic rings. The molecule has 25 heavy (non-hydrogen) atoms. The lowest BCUT2D eigenvalue weighted by molar-refractivity contribution is 0.0827. The zero-order valence-electron chi connectivity index (χ0n) is 14.8. The minimum Gasteiger partial charge on any atom is -0.345 e. The number of nitrogens with zero attached hydrogens (tertiary/aromatic N) is 4. The number of nitrogens with one attached hydrogen (secondary N) is 1. The van der Waals surface area contributed by atoms with Crippen LogP contribution in [0.1, 0.15) is 24.2 Å². The molecule has 2 heterocycles. The predicted molar refractivity (Wildman–Crippen MR) is 96.4 cm³/mol. The maximum atomic E-state index is 12.1. The second kappa shape index (κ2) is 6.51. The minimum absolute atomic E-state index is 0.0526. The van der Waals surface area contributed by atoms with Crippen LogP contribution >= 0.6 is 0 Å². The summed E-state index contributed by atoms with van der Waals surface area (Å²) >= 11 is 0. The van der Waals surface area contributed by atoms with E-state index in [1.807, 2.05) is 26.0 Å². The van der Waals surface area contributed by atoms with E-state index in [0.29, 0.717) is 35.0 Å². The van der Waals surface area contributed by atoms with Crippen molar-refractivity contribution in [2.75, 3.05) is 14.1 Å². The Balaban J connectivity index is 1.97. The number of fused-ring (bicyclic) bond motifs is 1. The van der Waals surface area contributed by atoms with E-state index in [0.717, 1.165) is 5.56 Å². The van der Waals surface area contributed by atoms with Gasteiger partial charge in [-0.05, 0) is 18.1 Å². The van der Waals surface area contributed by atoms with Gasteiger partial charge in [0, 0.05) is 31.8 Å². The van der Waals surface area contributed by atoms with Crippen molar-refractivity contribution in [3.05, 3.63) is 46.5 Å². The topological polar surface area (TPSA) is 83.9 Å². The Bertz CT molecular complexity index is 967. The fourth-order valence-corrected chi connectivity index (χ4v) is 2.64. The predicted octanol–water partition coefficient (Wildman–Crippen LogP) is 2.14. The maximum Gasteiger partial charge on any atom is 0.328 e. The lowest BCUT2D eigenvalue weighted by atomic mass is 10.1. The Morgan fingerprint density at radius 3 is 2.52 bits per heavy atom. The molecule has 0 saturated heterocycles. The number of carbonyl (C=O) groups excluding carboxylic acids is 1. The van der Waals surface area contributed by atoms with Gasteiger partial charge in [0.15, 0.2) is 11.3 Å². The molecule has 0 aliphatic carbocycles. The van der Waals surface area contributed by atoms with Crippen molar-refractivity contribution in [1.29, 1.82) is 0 Å². The molecule has 3 aromatic rings. The molecule has 0 radical (unpaired) electrons. The van der Waals surface area contributed by atoms with Crippen molar-refractivity contribution in [3.8, 4) is 11.3 Å². The van der Waals surface area contributed by atoms with Crippen LogP contribution in [0.4, 0.5) is 0 Å². The molecule has 0 atom stereocenters. The number of amides is 1. The zero-order valence-corrected chi connectivity index (χ0v) is 14.8. The molecule has 7 nitrogen and oxygen atoms in total. The smallest absolute Gasteiger partial charge is 0.328 e. The number of benzene rings is 1. The third-order valence-electron chi connectivity index (χ3n) is 3.86. The lowest BCUT2D eigenvalue weighted by Gasteiger charge is -2.10. The molecule has 0 bridgehead atoms. The number of rotatable bonds is 4. The quantitative estimate of drug-likeness (QED) is 0.789. The van der Waals surface area contributed by atoms with Crippen molar-refractivity contribution in [3.63, 3.8) is 0 Å². The highest BCUT2D eigenvalue weighted by Gasteiger charge is 2.13. The molecule has 3 rings (SSSR count). The van der Waals surface area contributed by atoms with E-state index in [1.54, 1.807) is 37.0 Å². The standard InChI is InChI=1S/C18H21N5O2/c1-11(2)10-23-16-15(21-18(23)25)20-14(9-19-16)12-5-7-13(8-6-12)17(24)22(3)4/h5-9,11H,10H2,1-4H3,(H,20,21,25). The fraction of sp³-hybridized carbons (Fsp3) is 0.333. The summed E-state index contributed by atoms with van der Waals surface area (Å²) in [6.07, 6.45) is 1.65. The van der Waals surface area contributed by atoms with Gasteiger partial charge in [0.2, 0.25) is 0 Å². The first-order chi connectivity index (χ1) is 11.9. The summed E-state index contributed by atoms with van der Waals surface area (Å²) in [5.74, 6) is 0.281. The van der Waals surface area contributed by atoms with Crippen molar-refractivity contribution in [2.45, 2.75) is 20.4 Å². The third-order valence-corrected chi connectivity index (χ3v) is 3.86. The maximum absolute atomic E-state index is 12.1. The van der Waals surface area contributed by atoms with Crippen LogP contribution in [-0.4, -0.2) is 44.4 Å². The molecular weight excluding hydrogens is 318 g/mol. The van der Waals surface area contributed by atoms with Gasteiger partial charge in [-0.1, -0.05) is 26.0 Å². The average Bonchev–Trinajstić information content (AvgIpc) is 2.88. The Morgan fingerprint density at radius 2 is 1.92 bits per heavy atom. The number of carbonyl (C=O) groups is 1. The zero-order chi connectivity index (χ0) is 18.1. The van der Waals surface area contributed by atoms with E-state index >= 15 is 0 Å². The molecule has 0 fully saturated rings. The largest absolute Gasteiger partial charge is 0.345 e. The number of hydrogen-bond acceptors (Lipinski definition) is 4. The van der Waals surface area contributed by atoms with Gasteiger partial charge in [0.05, 0.1) is 11.9 Å². The molecular formula is C18H21N5O2. The monoisotopic (exact) mass is 339 g/mol. The molecule has 2 aromatic heterocycles. The second-order valence-electron chi connectivity index (χ2n) is 6.64. The highest BCUT2D eigenvalue weighted by atomic mass is 16.2. The Morgan fingerprint density at radius 1 is 1.24 bits per heavy atom. The Kier molecular flexibility index (Phi) is 4.39. The van der Waals surface area contributed by atoms with Gasteiger partial charge in [0.1, 0.15) is 0 Å². The van der Waals surface area contributed by atoms with E-state index in [-0.39, 0.29) is 11.6 Å². The van der Waals surface area contributed by atoms with Gasteiger partial charge < -0.3 is 4.90 Å². The van der Waals surface area contributed by atoms with Gasteiger partial charge in [-0.25, -0.2) is 14.8 Å². The second-order valence-corrected chi connectivity index (χ2v) is 6.64. The number of H-pyrrole nitrogens is 1. The van der Waals surface area contributed by atoms with Gasteiger partial charge in [-0.2, -0.15) is 0 Å². The van der Waals surface area contributed by atoms with E-state index in [4.69, 9.17) is 0 Å². The first-order valence-electron chi connectivity index (χ1n) is 8.14.